The van der Waals surface area contributed by atoms with E-state index < -0.39 is 0 Å². The molecule has 1 atom stereocenters. The standard InChI is InChI=1S/C20H33N5O/c1-17-9-11-22-20(23-17)25-15-6-8-18(16-25)19(26)21-10-7-14-24-12-4-2-3-5-13-24/h9,11,18H,2-8,10,12-16H2,1H3,(H,21,26)/t18-/m0/s1. The summed E-state index contributed by atoms with van der Waals surface area (Å²) >= 11 is 0. The quantitative estimate of drug-likeness (QED) is 0.790. The average molecular weight is 360 g/mol. The number of likely N-dealkylation sites (tertiary alicyclic amines) is 1. The van der Waals surface area contributed by atoms with E-state index in [2.05, 4.69) is 25.1 Å². The summed E-state index contributed by atoms with van der Waals surface area (Å²) in [5.74, 6) is 0.993. The first-order chi connectivity index (χ1) is 12.7. The topological polar surface area (TPSA) is 61.4 Å². The highest BCUT2D eigenvalue weighted by Crippen LogP contribution is 2.20. The lowest BCUT2D eigenvalue weighted by atomic mass is 9.97. The second kappa shape index (κ2) is 9.86. The van der Waals surface area contributed by atoms with Crippen LogP contribution in [0.1, 0.15) is 50.6 Å². The Morgan fingerprint density at radius 1 is 1.19 bits per heavy atom. The third kappa shape index (κ3) is 5.66. The van der Waals surface area contributed by atoms with Crippen LogP contribution in [0.15, 0.2) is 12.3 Å². The van der Waals surface area contributed by atoms with E-state index in [-0.39, 0.29) is 11.8 Å². The highest BCUT2D eigenvalue weighted by Gasteiger charge is 2.26. The van der Waals surface area contributed by atoms with Gasteiger partial charge in [0.15, 0.2) is 0 Å². The van der Waals surface area contributed by atoms with E-state index >= 15 is 0 Å². The summed E-state index contributed by atoms with van der Waals surface area (Å²) in [6.07, 6.45) is 10.2. The number of hydrogen-bond acceptors (Lipinski definition) is 5. The molecule has 1 aromatic rings. The molecule has 6 heteroatoms. The zero-order chi connectivity index (χ0) is 18.2. The van der Waals surface area contributed by atoms with E-state index in [4.69, 9.17) is 0 Å². The van der Waals surface area contributed by atoms with E-state index in [0.29, 0.717) is 0 Å². The van der Waals surface area contributed by atoms with E-state index in [1.54, 1.807) is 6.20 Å². The summed E-state index contributed by atoms with van der Waals surface area (Å²) in [6.45, 7) is 7.97. The summed E-state index contributed by atoms with van der Waals surface area (Å²) in [7, 11) is 0. The minimum absolute atomic E-state index is 0.0473. The molecule has 1 aromatic heterocycles. The minimum atomic E-state index is 0.0473. The number of nitrogens with zero attached hydrogens (tertiary/aromatic N) is 4. The predicted molar refractivity (Wildman–Crippen MR) is 104 cm³/mol. The number of aryl methyl sites for hydroxylation is 1. The van der Waals surface area contributed by atoms with Crippen molar-refractivity contribution in [3.05, 3.63) is 18.0 Å². The van der Waals surface area contributed by atoms with Gasteiger partial charge in [-0.15, -0.1) is 0 Å². The Balaban J connectivity index is 1.40. The van der Waals surface area contributed by atoms with Crippen LogP contribution < -0.4 is 10.2 Å². The highest BCUT2D eigenvalue weighted by molar-refractivity contribution is 5.79. The summed E-state index contributed by atoms with van der Waals surface area (Å²) < 4.78 is 0. The first kappa shape index (κ1) is 19.1. The summed E-state index contributed by atoms with van der Waals surface area (Å²) in [6, 6.07) is 1.90. The average Bonchev–Trinajstić information content (AvgIpc) is 2.94. The largest absolute Gasteiger partial charge is 0.356 e. The summed E-state index contributed by atoms with van der Waals surface area (Å²) in [5, 5.41) is 3.16. The molecule has 2 aliphatic rings. The number of rotatable bonds is 6. The van der Waals surface area contributed by atoms with Crippen molar-refractivity contribution in [1.29, 1.82) is 0 Å². The first-order valence-electron chi connectivity index (χ1n) is 10.3. The Morgan fingerprint density at radius 3 is 2.77 bits per heavy atom. The molecule has 144 valence electrons. The third-order valence-electron chi connectivity index (χ3n) is 5.51. The summed E-state index contributed by atoms with van der Waals surface area (Å²) in [4.78, 5) is 26.1. The lowest BCUT2D eigenvalue weighted by Gasteiger charge is -2.32. The zero-order valence-corrected chi connectivity index (χ0v) is 16.1. The molecule has 0 aliphatic carbocycles. The monoisotopic (exact) mass is 359 g/mol. The highest BCUT2D eigenvalue weighted by atomic mass is 16.1. The van der Waals surface area contributed by atoms with Crippen molar-refractivity contribution in [2.45, 2.75) is 51.9 Å². The van der Waals surface area contributed by atoms with Gasteiger partial charge in [-0.25, -0.2) is 9.97 Å². The van der Waals surface area contributed by atoms with Crippen molar-refractivity contribution >= 4 is 11.9 Å². The Labute approximate surface area is 157 Å². The number of amides is 1. The predicted octanol–water partition coefficient (Wildman–Crippen LogP) is 2.38. The van der Waals surface area contributed by atoms with Crippen LogP contribution in [0.2, 0.25) is 0 Å². The van der Waals surface area contributed by atoms with Gasteiger partial charge in [-0.1, -0.05) is 12.8 Å². The van der Waals surface area contributed by atoms with Crippen LogP contribution in [-0.2, 0) is 4.79 Å². The van der Waals surface area contributed by atoms with Gasteiger partial charge in [0.25, 0.3) is 0 Å². The van der Waals surface area contributed by atoms with Gasteiger partial charge in [0.2, 0.25) is 11.9 Å². The maximum absolute atomic E-state index is 12.6. The number of nitrogens with one attached hydrogen (secondary N) is 1. The fraction of sp³-hybridized carbons (Fsp3) is 0.750. The van der Waals surface area contributed by atoms with Crippen LogP contribution in [0.3, 0.4) is 0 Å². The van der Waals surface area contributed by atoms with E-state index in [1.807, 2.05) is 13.0 Å². The van der Waals surface area contributed by atoms with Crippen molar-refractivity contribution in [3.8, 4) is 0 Å². The van der Waals surface area contributed by atoms with Crippen LogP contribution in [0, 0.1) is 12.8 Å². The molecule has 26 heavy (non-hydrogen) atoms. The number of hydrogen-bond donors (Lipinski definition) is 1. The van der Waals surface area contributed by atoms with Crippen molar-refractivity contribution in [1.82, 2.24) is 20.2 Å². The van der Waals surface area contributed by atoms with Crippen molar-refractivity contribution in [2.75, 3.05) is 44.2 Å². The normalized spacial score (nSPS) is 22.0. The van der Waals surface area contributed by atoms with Gasteiger partial charge >= 0.3 is 0 Å². The maximum atomic E-state index is 12.6. The van der Waals surface area contributed by atoms with Gasteiger partial charge in [-0.05, 0) is 64.7 Å². The number of anilines is 1. The van der Waals surface area contributed by atoms with Crippen LogP contribution in [0.25, 0.3) is 0 Å². The molecular weight excluding hydrogens is 326 g/mol. The molecule has 2 fully saturated rings. The van der Waals surface area contributed by atoms with Gasteiger partial charge < -0.3 is 15.1 Å². The Morgan fingerprint density at radius 2 is 2.00 bits per heavy atom. The molecular formula is C20H33N5O. The smallest absolute Gasteiger partial charge is 0.225 e. The molecule has 6 nitrogen and oxygen atoms in total. The molecule has 0 radical (unpaired) electrons. The fourth-order valence-electron chi connectivity index (χ4n) is 3.98. The lowest BCUT2D eigenvalue weighted by Crippen LogP contribution is -2.44. The number of aromatic nitrogens is 2. The Bertz CT molecular complexity index is 571. The van der Waals surface area contributed by atoms with Gasteiger partial charge in [0, 0.05) is 31.5 Å². The molecule has 0 spiro atoms. The van der Waals surface area contributed by atoms with Crippen molar-refractivity contribution in [2.24, 2.45) is 5.92 Å². The molecule has 0 saturated carbocycles. The van der Waals surface area contributed by atoms with Crippen molar-refractivity contribution in [3.63, 3.8) is 0 Å². The molecule has 0 bridgehead atoms. The minimum Gasteiger partial charge on any atom is -0.356 e. The molecule has 3 rings (SSSR count). The van der Waals surface area contributed by atoms with Crippen LogP contribution >= 0.6 is 0 Å². The molecule has 2 aliphatic heterocycles. The fourth-order valence-corrected chi connectivity index (χ4v) is 3.98. The Kier molecular flexibility index (Phi) is 7.23. The number of piperidine rings is 1. The maximum Gasteiger partial charge on any atom is 0.225 e. The van der Waals surface area contributed by atoms with Gasteiger partial charge in [0.05, 0.1) is 5.92 Å². The van der Waals surface area contributed by atoms with Crippen molar-refractivity contribution < 1.29 is 4.79 Å². The van der Waals surface area contributed by atoms with E-state index in [9.17, 15) is 4.79 Å². The second-order valence-corrected chi connectivity index (χ2v) is 7.68. The number of carbonyl (C=O) groups excluding carboxylic acids is 1. The molecule has 1 N–H and O–H groups in total. The van der Waals surface area contributed by atoms with Gasteiger partial charge in [0.1, 0.15) is 0 Å². The zero-order valence-electron chi connectivity index (χ0n) is 16.1. The SMILES string of the molecule is Cc1ccnc(N2CCC[C@H](C(=O)NCCCN3CCCCCC3)C2)n1. The van der Waals surface area contributed by atoms with Gasteiger partial charge in [-0.3, -0.25) is 4.79 Å². The van der Waals surface area contributed by atoms with Crippen LogP contribution in [0.4, 0.5) is 5.95 Å². The molecule has 0 unspecified atom stereocenters. The first-order valence-corrected chi connectivity index (χ1v) is 10.3. The van der Waals surface area contributed by atoms with Gasteiger partial charge in [-0.2, -0.15) is 0 Å². The third-order valence-corrected chi connectivity index (χ3v) is 5.51. The molecule has 2 saturated heterocycles. The molecule has 1 amide bonds. The van der Waals surface area contributed by atoms with Crippen LogP contribution in [0.5, 0.6) is 0 Å². The summed E-state index contributed by atoms with van der Waals surface area (Å²) in [5.41, 5.74) is 0.968. The number of carbonyl (C=O) groups is 1. The Hall–Kier alpha value is -1.69. The van der Waals surface area contributed by atoms with Crippen LogP contribution in [-0.4, -0.2) is 60.0 Å². The lowest BCUT2D eigenvalue weighted by molar-refractivity contribution is -0.125. The molecule has 0 aromatic carbocycles. The second-order valence-electron chi connectivity index (χ2n) is 7.68. The van der Waals surface area contributed by atoms with E-state index in [0.717, 1.165) is 57.1 Å². The van der Waals surface area contributed by atoms with E-state index in [1.165, 1.54) is 38.8 Å². The molecule has 3 heterocycles.